The highest BCUT2D eigenvalue weighted by Crippen LogP contribution is 1.96. The first-order valence-corrected chi connectivity index (χ1v) is 4.95. The number of nitriles is 1. The Bertz CT molecular complexity index is 243. The van der Waals surface area contributed by atoms with Crippen molar-refractivity contribution in [2.24, 2.45) is 0 Å². The van der Waals surface area contributed by atoms with Crippen LogP contribution in [-0.2, 0) is 14.3 Å². The van der Waals surface area contributed by atoms with Crippen molar-refractivity contribution in [3.05, 3.63) is 12.2 Å². The maximum Gasteiger partial charge on any atom is 0.333 e. The lowest BCUT2D eigenvalue weighted by Crippen LogP contribution is -2.07. The summed E-state index contributed by atoms with van der Waals surface area (Å²) in [5, 5.41) is 8.22. The summed E-state index contributed by atoms with van der Waals surface area (Å²) in [5.74, 6) is -0.347. The maximum atomic E-state index is 10.9. The van der Waals surface area contributed by atoms with Crippen molar-refractivity contribution in [2.45, 2.75) is 26.2 Å². The molecule has 15 heavy (non-hydrogen) atoms. The van der Waals surface area contributed by atoms with Gasteiger partial charge in [0.2, 0.25) is 0 Å². The molecule has 4 nitrogen and oxygen atoms in total. The molecule has 0 amide bonds. The summed E-state index contributed by atoms with van der Waals surface area (Å²) < 4.78 is 10.0. The lowest BCUT2D eigenvalue weighted by Gasteiger charge is -2.04. The van der Waals surface area contributed by atoms with Crippen molar-refractivity contribution in [2.75, 3.05) is 19.8 Å². The summed E-state index contributed by atoms with van der Waals surface area (Å²) in [7, 11) is 0. The van der Waals surface area contributed by atoms with E-state index in [4.69, 9.17) is 14.7 Å². The lowest BCUT2D eigenvalue weighted by atomic mass is 10.3. The van der Waals surface area contributed by atoms with Crippen LogP contribution in [0.2, 0.25) is 0 Å². The number of unbranched alkanes of at least 4 members (excludes halogenated alkanes) is 1. The Kier molecular flexibility index (Phi) is 8.40. The summed E-state index contributed by atoms with van der Waals surface area (Å²) in [6.07, 6.45) is 2.02. The number of hydrogen-bond acceptors (Lipinski definition) is 4. The topological polar surface area (TPSA) is 59.3 Å². The summed E-state index contributed by atoms with van der Waals surface area (Å²) in [6, 6.07) is 1.99. The molecule has 0 aliphatic carbocycles. The van der Waals surface area contributed by atoms with E-state index in [0.717, 1.165) is 12.8 Å². The first-order valence-electron chi connectivity index (χ1n) is 4.95. The van der Waals surface area contributed by atoms with Crippen LogP contribution < -0.4 is 0 Å². The molecule has 0 fully saturated rings. The van der Waals surface area contributed by atoms with Crippen molar-refractivity contribution < 1.29 is 14.3 Å². The number of hydrogen-bond donors (Lipinski definition) is 0. The van der Waals surface area contributed by atoms with Crippen LogP contribution in [0.3, 0.4) is 0 Å². The van der Waals surface area contributed by atoms with Gasteiger partial charge in [0.05, 0.1) is 25.7 Å². The molecule has 4 heteroatoms. The third-order valence-electron chi connectivity index (χ3n) is 1.62. The van der Waals surface area contributed by atoms with E-state index >= 15 is 0 Å². The summed E-state index contributed by atoms with van der Waals surface area (Å²) in [4.78, 5) is 10.9. The van der Waals surface area contributed by atoms with E-state index in [1.807, 2.05) is 6.07 Å². The Labute approximate surface area is 90.5 Å². The summed E-state index contributed by atoms with van der Waals surface area (Å²) >= 11 is 0. The average Bonchev–Trinajstić information content (AvgIpc) is 2.21. The van der Waals surface area contributed by atoms with E-state index in [0.29, 0.717) is 31.8 Å². The second kappa shape index (κ2) is 9.22. The van der Waals surface area contributed by atoms with Crippen molar-refractivity contribution in [1.29, 1.82) is 5.26 Å². The number of ether oxygens (including phenoxy) is 2. The molecule has 84 valence electrons. The largest absolute Gasteiger partial charge is 0.462 e. The molecule has 0 aromatic heterocycles. The molecule has 0 heterocycles. The predicted octanol–water partition coefficient (Wildman–Crippen LogP) is 1.82. The Morgan fingerprint density at radius 3 is 2.60 bits per heavy atom. The number of nitrogens with zero attached hydrogens (tertiary/aromatic N) is 1. The highest BCUT2D eigenvalue weighted by molar-refractivity contribution is 5.86. The molecule has 0 saturated carbocycles. The fraction of sp³-hybridized carbons (Fsp3) is 0.636. The van der Waals surface area contributed by atoms with Gasteiger partial charge in [0, 0.05) is 12.2 Å². The van der Waals surface area contributed by atoms with Gasteiger partial charge in [0.1, 0.15) is 0 Å². The van der Waals surface area contributed by atoms with Crippen LogP contribution >= 0.6 is 0 Å². The Hall–Kier alpha value is -1.34. The normalized spacial score (nSPS) is 9.33. The van der Waals surface area contributed by atoms with E-state index in [1.54, 1.807) is 6.92 Å². The third kappa shape index (κ3) is 8.98. The van der Waals surface area contributed by atoms with Crippen LogP contribution in [0, 0.1) is 11.3 Å². The molecule has 0 rings (SSSR count). The molecule has 0 aromatic rings. The van der Waals surface area contributed by atoms with E-state index in [2.05, 4.69) is 6.58 Å². The second-order valence-corrected chi connectivity index (χ2v) is 3.14. The smallest absolute Gasteiger partial charge is 0.333 e. The summed E-state index contributed by atoms with van der Waals surface area (Å²) in [6.45, 7) is 6.57. The zero-order valence-electron chi connectivity index (χ0n) is 9.12. The fourth-order valence-electron chi connectivity index (χ4n) is 0.814. The van der Waals surface area contributed by atoms with Gasteiger partial charge >= 0.3 is 5.97 Å². The minimum atomic E-state index is -0.347. The maximum absolute atomic E-state index is 10.9. The Morgan fingerprint density at radius 2 is 2.00 bits per heavy atom. The fourth-order valence-corrected chi connectivity index (χ4v) is 0.814. The molecule has 0 unspecified atom stereocenters. The number of rotatable bonds is 8. The zero-order valence-corrected chi connectivity index (χ0v) is 9.12. The van der Waals surface area contributed by atoms with E-state index < -0.39 is 0 Å². The molecule has 0 bridgehead atoms. The summed E-state index contributed by atoms with van der Waals surface area (Å²) in [5.41, 5.74) is 0.417. The molecule has 0 spiro atoms. The van der Waals surface area contributed by atoms with Crippen LogP contribution in [0.25, 0.3) is 0 Å². The van der Waals surface area contributed by atoms with Crippen molar-refractivity contribution in [3.63, 3.8) is 0 Å². The van der Waals surface area contributed by atoms with Gasteiger partial charge in [0.25, 0.3) is 0 Å². The van der Waals surface area contributed by atoms with Crippen LogP contribution in [-0.4, -0.2) is 25.8 Å². The molecule has 0 aliphatic rings. The third-order valence-corrected chi connectivity index (χ3v) is 1.62. The minimum Gasteiger partial charge on any atom is -0.462 e. The van der Waals surface area contributed by atoms with Gasteiger partial charge in [-0.25, -0.2) is 4.79 Å². The Morgan fingerprint density at radius 1 is 1.33 bits per heavy atom. The minimum absolute atomic E-state index is 0.347. The quantitative estimate of drug-likeness (QED) is 0.349. The van der Waals surface area contributed by atoms with E-state index in [9.17, 15) is 4.79 Å². The van der Waals surface area contributed by atoms with Gasteiger partial charge in [-0.15, -0.1) is 0 Å². The van der Waals surface area contributed by atoms with Gasteiger partial charge < -0.3 is 9.47 Å². The van der Waals surface area contributed by atoms with Gasteiger partial charge in [0.15, 0.2) is 0 Å². The highest BCUT2D eigenvalue weighted by Gasteiger charge is 2.01. The molecular formula is C11H17NO3. The van der Waals surface area contributed by atoms with Gasteiger partial charge in [-0.1, -0.05) is 6.58 Å². The van der Waals surface area contributed by atoms with Crippen LogP contribution in [0.15, 0.2) is 12.2 Å². The molecule has 0 radical (unpaired) electrons. The molecular weight excluding hydrogens is 194 g/mol. The lowest BCUT2D eigenvalue weighted by molar-refractivity contribution is -0.139. The number of carbonyl (C=O) groups is 1. The van der Waals surface area contributed by atoms with Gasteiger partial charge in [-0.2, -0.15) is 5.26 Å². The van der Waals surface area contributed by atoms with Crippen LogP contribution in [0.1, 0.15) is 26.2 Å². The van der Waals surface area contributed by atoms with E-state index in [-0.39, 0.29) is 5.97 Å². The highest BCUT2D eigenvalue weighted by atomic mass is 16.5. The van der Waals surface area contributed by atoms with Crippen molar-refractivity contribution >= 4 is 5.97 Å². The number of esters is 1. The monoisotopic (exact) mass is 211 g/mol. The van der Waals surface area contributed by atoms with Crippen molar-refractivity contribution in [1.82, 2.24) is 0 Å². The predicted molar refractivity (Wildman–Crippen MR) is 56.1 cm³/mol. The number of carbonyl (C=O) groups excluding carboxylic acids is 1. The average molecular weight is 211 g/mol. The zero-order chi connectivity index (χ0) is 11.5. The van der Waals surface area contributed by atoms with Crippen LogP contribution in [0.5, 0.6) is 0 Å². The van der Waals surface area contributed by atoms with E-state index in [1.165, 1.54) is 0 Å². The SMILES string of the molecule is C=C(C)C(=O)OCCCCOCCC#N. The second-order valence-electron chi connectivity index (χ2n) is 3.14. The molecule has 0 saturated heterocycles. The molecule has 0 aliphatic heterocycles. The standard InChI is InChI=1S/C11H17NO3/c1-10(2)11(13)15-9-4-3-7-14-8-5-6-12/h1,3-5,7-9H2,2H3. The van der Waals surface area contributed by atoms with Gasteiger partial charge in [-0.3, -0.25) is 0 Å². The molecule has 0 atom stereocenters. The first-order chi connectivity index (χ1) is 7.18. The first kappa shape index (κ1) is 13.7. The molecule has 0 aromatic carbocycles. The van der Waals surface area contributed by atoms with Crippen LogP contribution in [0.4, 0.5) is 0 Å². The Balaban J connectivity index is 3.15. The molecule has 0 N–H and O–H groups in total. The van der Waals surface area contributed by atoms with Crippen molar-refractivity contribution in [3.8, 4) is 6.07 Å². The van der Waals surface area contributed by atoms with Gasteiger partial charge in [-0.05, 0) is 19.8 Å².